The van der Waals surface area contributed by atoms with Gasteiger partial charge in [0.05, 0.1) is 7.11 Å². The predicted molar refractivity (Wildman–Crippen MR) is 71.6 cm³/mol. The number of ether oxygens (including phenoxy) is 1. The van der Waals surface area contributed by atoms with Crippen molar-refractivity contribution in [3.05, 3.63) is 29.3 Å². The molecule has 2 rings (SSSR count). The molecule has 5 heteroatoms. The highest BCUT2D eigenvalue weighted by molar-refractivity contribution is 5.93. The summed E-state index contributed by atoms with van der Waals surface area (Å²) in [6, 6.07) is 5.59. The summed E-state index contributed by atoms with van der Waals surface area (Å²) in [5.74, 6) is -0.198. The van der Waals surface area contributed by atoms with Crippen molar-refractivity contribution in [1.29, 1.82) is 0 Å². The average Bonchev–Trinajstić information content (AvgIpc) is 2.43. The summed E-state index contributed by atoms with van der Waals surface area (Å²) in [6.45, 7) is 0. The van der Waals surface area contributed by atoms with Crippen LogP contribution in [-0.4, -0.2) is 19.0 Å². The minimum absolute atomic E-state index is 0.0511. The van der Waals surface area contributed by atoms with Crippen LogP contribution in [-0.2, 0) is 20.7 Å². The van der Waals surface area contributed by atoms with Crippen LogP contribution >= 0.6 is 0 Å². The maximum atomic E-state index is 11.3. The number of nitrogens with one attached hydrogen (secondary N) is 1. The van der Waals surface area contributed by atoms with Gasteiger partial charge in [-0.15, -0.1) is 0 Å². The zero-order valence-corrected chi connectivity index (χ0v) is 10.9. The second-order valence-electron chi connectivity index (χ2n) is 4.69. The molecule has 0 saturated carbocycles. The van der Waals surface area contributed by atoms with Crippen molar-refractivity contribution in [2.45, 2.75) is 31.7 Å². The molecule has 1 amide bonds. The first-order chi connectivity index (χ1) is 9.10. The Balaban J connectivity index is 2.05. The van der Waals surface area contributed by atoms with Crippen molar-refractivity contribution in [3.63, 3.8) is 0 Å². The molecule has 1 unspecified atom stereocenters. The van der Waals surface area contributed by atoms with E-state index in [1.165, 1.54) is 7.11 Å². The van der Waals surface area contributed by atoms with Crippen molar-refractivity contribution >= 4 is 17.6 Å². The molecule has 0 saturated heterocycles. The molecule has 1 atom stereocenters. The van der Waals surface area contributed by atoms with Crippen LogP contribution in [0.3, 0.4) is 0 Å². The van der Waals surface area contributed by atoms with Crippen LogP contribution < -0.4 is 11.1 Å². The highest BCUT2D eigenvalue weighted by Gasteiger charge is 2.17. The van der Waals surface area contributed by atoms with Gasteiger partial charge in [-0.2, -0.15) is 0 Å². The third kappa shape index (κ3) is 3.32. The summed E-state index contributed by atoms with van der Waals surface area (Å²) in [6.07, 6.45) is 2.11. The van der Waals surface area contributed by atoms with E-state index in [1.54, 1.807) is 0 Å². The second kappa shape index (κ2) is 5.84. The molecule has 1 aliphatic rings. The summed E-state index contributed by atoms with van der Waals surface area (Å²) in [7, 11) is 1.37. The standard InChI is InChI=1S/C14H18N2O3/c1-19-14(18)7-4-11(15)9-2-5-12-10(8-9)3-6-13(17)16-12/h2,5,8,11H,3-4,6-7,15H2,1H3,(H,16,17). The van der Waals surface area contributed by atoms with Crippen molar-refractivity contribution in [2.75, 3.05) is 12.4 Å². The lowest BCUT2D eigenvalue weighted by molar-refractivity contribution is -0.140. The number of methoxy groups -OCH3 is 1. The van der Waals surface area contributed by atoms with E-state index in [0.29, 0.717) is 19.3 Å². The third-order valence-electron chi connectivity index (χ3n) is 3.34. The molecule has 1 heterocycles. The normalized spacial score (nSPS) is 15.4. The Hall–Kier alpha value is -1.88. The van der Waals surface area contributed by atoms with Gasteiger partial charge in [0.25, 0.3) is 0 Å². The van der Waals surface area contributed by atoms with Crippen LogP contribution in [0, 0.1) is 0 Å². The predicted octanol–water partition coefficient (Wildman–Crippen LogP) is 1.52. The van der Waals surface area contributed by atoms with Crippen molar-refractivity contribution < 1.29 is 14.3 Å². The van der Waals surface area contributed by atoms with Gasteiger partial charge in [0, 0.05) is 24.6 Å². The largest absolute Gasteiger partial charge is 0.469 e. The molecular formula is C14H18N2O3. The number of rotatable bonds is 4. The molecule has 0 spiro atoms. The topological polar surface area (TPSA) is 81.4 Å². The average molecular weight is 262 g/mol. The minimum Gasteiger partial charge on any atom is -0.469 e. The Labute approximate surface area is 112 Å². The van der Waals surface area contributed by atoms with E-state index < -0.39 is 0 Å². The summed E-state index contributed by atoms with van der Waals surface area (Å²) >= 11 is 0. The zero-order chi connectivity index (χ0) is 13.8. The third-order valence-corrected chi connectivity index (χ3v) is 3.34. The number of amides is 1. The number of hydrogen-bond acceptors (Lipinski definition) is 4. The molecule has 5 nitrogen and oxygen atoms in total. The van der Waals surface area contributed by atoms with Crippen LogP contribution in [0.5, 0.6) is 0 Å². The van der Waals surface area contributed by atoms with Gasteiger partial charge in [-0.25, -0.2) is 0 Å². The molecule has 1 aromatic rings. The van der Waals surface area contributed by atoms with Gasteiger partial charge in [-0.05, 0) is 30.0 Å². The summed E-state index contributed by atoms with van der Waals surface area (Å²) in [5, 5.41) is 2.83. The van der Waals surface area contributed by atoms with E-state index in [2.05, 4.69) is 10.1 Å². The minimum atomic E-state index is -0.249. The lowest BCUT2D eigenvalue weighted by atomic mass is 9.96. The van der Waals surface area contributed by atoms with E-state index in [0.717, 1.165) is 23.2 Å². The quantitative estimate of drug-likeness (QED) is 0.806. The molecule has 19 heavy (non-hydrogen) atoms. The number of hydrogen-bond donors (Lipinski definition) is 2. The molecule has 0 aromatic heterocycles. The van der Waals surface area contributed by atoms with E-state index in [-0.39, 0.29) is 17.9 Å². The van der Waals surface area contributed by atoms with Crippen molar-refractivity contribution in [2.24, 2.45) is 5.73 Å². The maximum absolute atomic E-state index is 11.3. The lowest BCUT2D eigenvalue weighted by Gasteiger charge is -2.19. The Bertz CT molecular complexity index is 499. The number of carbonyl (C=O) groups is 2. The van der Waals surface area contributed by atoms with E-state index in [1.807, 2.05) is 18.2 Å². The summed E-state index contributed by atoms with van der Waals surface area (Å²) < 4.78 is 4.60. The first-order valence-corrected chi connectivity index (χ1v) is 6.35. The molecule has 102 valence electrons. The summed E-state index contributed by atoms with van der Waals surface area (Å²) in [4.78, 5) is 22.4. The Morgan fingerprint density at radius 1 is 1.47 bits per heavy atom. The molecule has 0 aliphatic carbocycles. The van der Waals surface area contributed by atoms with E-state index in [4.69, 9.17) is 5.73 Å². The fraction of sp³-hybridized carbons (Fsp3) is 0.429. The van der Waals surface area contributed by atoms with Crippen molar-refractivity contribution in [3.8, 4) is 0 Å². The number of aryl methyl sites for hydroxylation is 1. The van der Waals surface area contributed by atoms with Crippen LogP contribution in [0.15, 0.2) is 18.2 Å². The van der Waals surface area contributed by atoms with Crippen LogP contribution in [0.4, 0.5) is 5.69 Å². The molecule has 0 fully saturated rings. The highest BCUT2D eigenvalue weighted by Crippen LogP contribution is 2.26. The van der Waals surface area contributed by atoms with Gasteiger partial charge in [0.1, 0.15) is 0 Å². The monoisotopic (exact) mass is 262 g/mol. The number of fused-ring (bicyclic) bond motifs is 1. The fourth-order valence-corrected chi connectivity index (χ4v) is 2.18. The van der Waals surface area contributed by atoms with Gasteiger partial charge in [-0.3, -0.25) is 9.59 Å². The number of carbonyl (C=O) groups excluding carboxylic acids is 2. The molecular weight excluding hydrogens is 244 g/mol. The number of benzene rings is 1. The Morgan fingerprint density at radius 3 is 3.00 bits per heavy atom. The van der Waals surface area contributed by atoms with E-state index in [9.17, 15) is 9.59 Å². The van der Waals surface area contributed by atoms with Gasteiger partial charge < -0.3 is 15.8 Å². The molecule has 1 aliphatic heterocycles. The first kappa shape index (κ1) is 13.5. The van der Waals surface area contributed by atoms with E-state index >= 15 is 0 Å². The lowest BCUT2D eigenvalue weighted by Crippen LogP contribution is -2.20. The smallest absolute Gasteiger partial charge is 0.305 e. The maximum Gasteiger partial charge on any atom is 0.305 e. The Kier molecular flexibility index (Phi) is 4.16. The molecule has 3 N–H and O–H groups in total. The SMILES string of the molecule is COC(=O)CCC(N)c1ccc2c(c1)CCC(=O)N2. The van der Waals surface area contributed by atoms with Gasteiger partial charge in [0.15, 0.2) is 0 Å². The van der Waals surface area contributed by atoms with Gasteiger partial charge in [-0.1, -0.05) is 12.1 Å². The summed E-state index contributed by atoms with van der Waals surface area (Å²) in [5.41, 5.74) is 9.01. The highest BCUT2D eigenvalue weighted by atomic mass is 16.5. The Morgan fingerprint density at radius 2 is 2.26 bits per heavy atom. The number of anilines is 1. The van der Waals surface area contributed by atoms with Crippen LogP contribution in [0.2, 0.25) is 0 Å². The molecule has 0 bridgehead atoms. The number of esters is 1. The van der Waals surface area contributed by atoms with Crippen molar-refractivity contribution in [1.82, 2.24) is 0 Å². The van der Waals surface area contributed by atoms with Gasteiger partial charge in [0.2, 0.25) is 5.91 Å². The first-order valence-electron chi connectivity index (χ1n) is 6.35. The molecule has 0 radical (unpaired) electrons. The van der Waals surface area contributed by atoms with Crippen LogP contribution in [0.25, 0.3) is 0 Å². The fourth-order valence-electron chi connectivity index (χ4n) is 2.18. The van der Waals surface area contributed by atoms with Gasteiger partial charge >= 0.3 is 5.97 Å². The number of nitrogens with two attached hydrogens (primary N) is 1. The molecule has 1 aromatic carbocycles. The zero-order valence-electron chi connectivity index (χ0n) is 10.9. The second-order valence-corrected chi connectivity index (χ2v) is 4.69. The van der Waals surface area contributed by atoms with Crippen LogP contribution in [0.1, 0.15) is 36.4 Å².